The number of hydrazine groups is 1. The maximum atomic E-state index is 12.2. The summed E-state index contributed by atoms with van der Waals surface area (Å²) in [5.74, 6) is 0.972. The Balaban J connectivity index is 1.67. The van der Waals surface area contributed by atoms with E-state index < -0.39 is 0 Å². The standard InChI is InChI=1S/C21H31N3O3S/c1-3-14-27-17-10-8-16(9-11-17)19(25)12-13-20(26)23-24-21(28)22-18-7-5-4-6-15(18)2/h8-11,15,18H,3-7,12-14H2,1-2H3,(H,23,26)(H2,22,24,28). The van der Waals surface area contributed by atoms with Crippen molar-refractivity contribution in [1.82, 2.24) is 16.2 Å². The van der Waals surface area contributed by atoms with Crippen molar-refractivity contribution in [1.29, 1.82) is 0 Å². The van der Waals surface area contributed by atoms with E-state index in [1.807, 2.05) is 6.92 Å². The van der Waals surface area contributed by atoms with Crippen molar-refractivity contribution in [3.63, 3.8) is 0 Å². The summed E-state index contributed by atoms with van der Waals surface area (Å²) in [4.78, 5) is 24.2. The van der Waals surface area contributed by atoms with Gasteiger partial charge in [-0.2, -0.15) is 0 Å². The summed E-state index contributed by atoms with van der Waals surface area (Å²) in [6.07, 6.45) is 5.92. The molecule has 3 N–H and O–H groups in total. The fourth-order valence-electron chi connectivity index (χ4n) is 3.25. The Kier molecular flexibility index (Phi) is 9.20. The molecule has 1 aliphatic carbocycles. The van der Waals surface area contributed by atoms with E-state index in [0.29, 0.717) is 29.2 Å². The van der Waals surface area contributed by atoms with Gasteiger partial charge in [0.05, 0.1) is 6.61 Å². The highest BCUT2D eigenvalue weighted by Gasteiger charge is 2.21. The van der Waals surface area contributed by atoms with Crippen LogP contribution in [0.3, 0.4) is 0 Å². The first kappa shape index (κ1) is 22.1. The van der Waals surface area contributed by atoms with Crippen molar-refractivity contribution < 1.29 is 14.3 Å². The van der Waals surface area contributed by atoms with Crippen molar-refractivity contribution in [2.75, 3.05) is 6.61 Å². The number of amides is 1. The van der Waals surface area contributed by atoms with Crippen LogP contribution in [0.15, 0.2) is 24.3 Å². The van der Waals surface area contributed by atoms with Gasteiger partial charge in [-0.1, -0.05) is 26.7 Å². The highest BCUT2D eigenvalue weighted by molar-refractivity contribution is 7.80. The number of benzene rings is 1. The second-order valence-electron chi connectivity index (χ2n) is 7.31. The largest absolute Gasteiger partial charge is 0.494 e. The average molecular weight is 406 g/mol. The van der Waals surface area contributed by atoms with E-state index in [1.54, 1.807) is 24.3 Å². The molecule has 0 aromatic heterocycles. The zero-order valence-electron chi connectivity index (χ0n) is 16.8. The van der Waals surface area contributed by atoms with Crippen molar-refractivity contribution in [3.8, 4) is 5.75 Å². The predicted octanol–water partition coefficient (Wildman–Crippen LogP) is 3.51. The van der Waals surface area contributed by atoms with Crippen LogP contribution in [0.4, 0.5) is 0 Å². The van der Waals surface area contributed by atoms with Gasteiger partial charge in [0.25, 0.3) is 0 Å². The molecule has 1 fully saturated rings. The van der Waals surface area contributed by atoms with Gasteiger partial charge in [-0.25, -0.2) is 0 Å². The molecule has 0 heterocycles. The Bertz CT molecular complexity index is 663. The summed E-state index contributed by atoms with van der Waals surface area (Å²) < 4.78 is 5.50. The first-order valence-electron chi connectivity index (χ1n) is 10.1. The van der Waals surface area contributed by atoms with Gasteiger partial charge in [-0.05, 0) is 61.7 Å². The molecule has 0 saturated heterocycles. The fraction of sp³-hybridized carbons (Fsp3) is 0.571. The molecule has 0 aliphatic heterocycles. The number of thiocarbonyl (C=S) groups is 1. The molecule has 6 nitrogen and oxygen atoms in total. The average Bonchev–Trinajstić information content (AvgIpc) is 2.71. The van der Waals surface area contributed by atoms with Gasteiger partial charge in [0.1, 0.15) is 5.75 Å². The Morgan fingerprint density at radius 2 is 1.82 bits per heavy atom. The lowest BCUT2D eigenvalue weighted by molar-refractivity contribution is -0.121. The van der Waals surface area contributed by atoms with E-state index in [0.717, 1.165) is 18.6 Å². The Morgan fingerprint density at radius 1 is 1.11 bits per heavy atom. The Hall–Kier alpha value is -2.15. The van der Waals surface area contributed by atoms with Crippen molar-refractivity contribution in [2.45, 2.75) is 64.8 Å². The first-order chi connectivity index (χ1) is 13.5. The fourth-order valence-corrected chi connectivity index (χ4v) is 3.45. The van der Waals surface area contributed by atoms with Crippen LogP contribution < -0.4 is 20.9 Å². The molecule has 1 aliphatic rings. The lowest BCUT2D eigenvalue weighted by atomic mass is 9.86. The van der Waals surface area contributed by atoms with Crippen molar-refractivity contribution in [3.05, 3.63) is 29.8 Å². The number of ether oxygens (including phenoxy) is 1. The maximum Gasteiger partial charge on any atom is 0.238 e. The van der Waals surface area contributed by atoms with Crippen LogP contribution >= 0.6 is 12.2 Å². The number of ketones is 1. The zero-order chi connectivity index (χ0) is 20.4. The summed E-state index contributed by atoms with van der Waals surface area (Å²) in [6, 6.07) is 7.36. The number of Topliss-reactive ketones (excluding diaryl/α,β-unsaturated/α-hetero) is 1. The van der Waals surface area contributed by atoms with Crippen molar-refractivity contribution >= 4 is 29.0 Å². The topological polar surface area (TPSA) is 79.5 Å². The van der Waals surface area contributed by atoms with E-state index in [2.05, 4.69) is 23.1 Å². The quantitative estimate of drug-likeness (QED) is 0.349. The van der Waals surface area contributed by atoms with Gasteiger partial charge in [0, 0.05) is 24.4 Å². The summed E-state index contributed by atoms with van der Waals surface area (Å²) in [7, 11) is 0. The number of nitrogens with one attached hydrogen (secondary N) is 3. The summed E-state index contributed by atoms with van der Waals surface area (Å²) >= 11 is 5.25. The van der Waals surface area contributed by atoms with E-state index >= 15 is 0 Å². The molecule has 154 valence electrons. The van der Waals surface area contributed by atoms with Crippen LogP contribution in [0.5, 0.6) is 5.75 Å². The van der Waals surface area contributed by atoms with Crippen LogP contribution in [-0.4, -0.2) is 29.5 Å². The molecule has 0 spiro atoms. The number of carbonyl (C=O) groups excluding carboxylic acids is 2. The first-order valence-corrected chi connectivity index (χ1v) is 10.5. The van der Waals surface area contributed by atoms with Crippen LogP contribution in [0.25, 0.3) is 0 Å². The van der Waals surface area contributed by atoms with Crippen LogP contribution in [0, 0.1) is 5.92 Å². The molecule has 0 bridgehead atoms. The third kappa shape index (κ3) is 7.46. The molecule has 28 heavy (non-hydrogen) atoms. The number of hydrogen-bond acceptors (Lipinski definition) is 4. The molecule has 1 aromatic rings. The molecule has 1 aromatic carbocycles. The third-order valence-electron chi connectivity index (χ3n) is 4.97. The Morgan fingerprint density at radius 3 is 2.50 bits per heavy atom. The molecule has 2 unspecified atom stereocenters. The Labute approximate surface area is 172 Å². The molecule has 0 radical (unpaired) electrons. The molecular weight excluding hydrogens is 374 g/mol. The van der Waals surface area contributed by atoms with Gasteiger partial charge in [0.2, 0.25) is 5.91 Å². The number of carbonyl (C=O) groups is 2. The van der Waals surface area contributed by atoms with Gasteiger partial charge < -0.3 is 10.1 Å². The lowest BCUT2D eigenvalue weighted by Crippen LogP contribution is -2.51. The van der Waals surface area contributed by atoms with Crippen LogP contribution in [0.1, 0.15) is 69.2 Å². The highest BCUT2D eigenvalue weighted by atomic mass is 32.1. The molecule has 1 amide bonds. The van der Waals surface area contributed by atoms with Gasteiger partial charge in [0.15, 0.2) is 10.9 Å². The lowest BCUT2D eigenvalue weighted by Gasteiger charge is -2.30. The van der Waals surface area contributed by atoms with Crippen LogP contribution in [-0.2, 0) is 4.79 Å². The monoisotopic (exact) mass is 405 g/mol. The SMILES string of the molecule is CCCOc1ccc(C(=O)CCC(=O)NNC(=S)NC2CCCCC2C)cc1. The van der Waals surface area contributed by atoms with E-state index in [4.69, 9.17) is 17.0 Å². The predicted molar refractivity (Wildman–Crippen MR) is 114 cm³/mol. The van der Waals surface area contributed by atoms with Crippen molar-refractivity contribution in [2.24, 2.45) is 5.92 Å². The third-order valence-corrected chi connectivity index (χ3v) is 5.19. The normalized spacial score (nSPS) is 18.8. The van der Waals surface area contributed by atoms with E-state index in [-0.39, 0.29) is 24.5 Å². The molecule has 2 atom stereocenters. The van der Waals surface area contributed by atoms with E-state index in [9.17, 15) is 9.59 Å². The molecule has 7 heteroatoms. The number of rotatable bonds is 8. The minimum absolute atomic E-state index is 0.0751. The second-order valence-corrected chi connectivity index (χ2v) is 7.72. The zero-order valence-corrected chi connectivity index (χ0v) is 17.6. The smallest absolute Gasteiger partial charge is 0.238 e. The van der Waals surface area contributed by atoms with Gasteiger partial charge in [-0.15, -0.1) is 0 Å². The minimum Gasteiger partial charge on any atom is -0.494 e. The van der Waals surface area contributed by atoms with E-state index in [1.165, 1.54) is 19.3 Å². The second kappa shape index (κ2) is 11.6. The number of hydrogen-bond donors (Lipinski definition) is 3. The molecular formula is C21H31N3O3S. The summed E-state index contributed by atoms with van der Waals surface area (Å²) in [5, 5.41) is 3.68. The maximum absolute atomic E-state index is 12.2. The highest BCUT2D eigenvalue weighted by Crippen LogP contribution is 2.23. The molecule has 2 rings (SSSR count). The molecule has 1 saturated carbocycles. The minimum atomic E-state index is -0.267. The van der Waals surface area contributed by atoms with Gasteiger partial charge >= 0.3 is 0 Å². The van der Waals surface area contributed by atoms with Crippen LogP contribution in [0.2, 0.25) is 0 Å². The summed E-state index contributed by atoms with van der Waals surface area (Å²) in [5.41, 5.74) is 5.87. The van der Waals surface area contributed by atoms with Gasteiger partial charge in [-0.3, -0.25) is 20.4 Å². The summed E-state index contributed by atoms with van der Waals surface area (Å²) in [6.45, 7) is 4.90.